The van der Waals surface area contributed by atoms with E-state index in [9.17, 15) is 0 Å². The zero-order valence-electron chi connectivity index (χ0n) is 18.1. The molecule has 6 heteroatoms. The third-order valence-corrected chi connectivity index (χ3v) is 6.57. The van der Waals surface area contributed by atoms with Crippen LogP contribution in [0.3, 0.4) is 0 Å². The predicted molar refractivity (Wildman–Crippen MR) is 136 cm³/mol. The lowest BCUT2D eigenvalue weighted by atomic mass is 10.1. The first kappa shape index (κ1) is 21.6. The molecule has 0 unspecified atom stereocenters. The second-order valence-electron chi connectivity index (χ2n) is 7.51. The first-order valence-electron chi connectivity index (χ1n) is 10.8. The normalized spacial score (nSPS) is 11.1. The van der Waals surface area contributed by atoms with Crippen molar-refractivity contribution >= 4 is 34.1 Å². The number of benzene rings is 4. The molecule has 5 rings (SSSR count). The minimum Gasteiger partial charge on any atom is -0.494 e. The fourth-order valence-electron chi connectivity index (χ4n) is 3.83. The van der Waals surface area contributed by atoms with Crippen molar-refractivity contribution in [2.45, 2.75) is 17.8 Å². The second kappa shape index (κ2) is 9.69. The van der Waals surface area contributed by atoms with Gasteiger partial charge in [-0.3, -0.25) is 4.57 Å². The van der Waals surface area contributed by atoms with Crippen LogP contribution in [0.15, 0.2) is 96.2 Å². The molecule has 1 heterocycles. The van der Waals surface area contributed by atoms with E-state index in [0.29, 0.717) is 11.6 Å². The van der Waals surface area contributed by atoms with E-state index in [2.05, 4.69) is 57.2 Å². The van der Waals surface area contributed by atoms with Gasteiger partial charge in [0.1, 0.15) is 5.75 Å². The van der Waals surface area contributed by atoms with E-state index in [1.165, 1.54) is 16.3 Å². The van der Waals surface area contributed by atoms with Crippen molar-refractivity contribution in [3.8, 4) is 22.8 Å². The largest absolute Gasteiger partial charge is 0.494 e. The molecular weight excluding hydrogens is 450 g/mol. The maximum absolute atomic E-state index is 6.27. The lowest BCUT2D eigenvalue weighted by Crippen LogP contribution is -2.00. The molecule has 0 bridgehead atoms. The molecule has 0 amide bonds. The van der Waals surface area contributed by atoms with Crippen molar-refractivity contribution in [2.75, 3.05) is 6.61 Å². The number of thioether (sulfide) groups is 1. The van der Waals surface area contributed by atoms with E-state index in [4.69, 9.17) is 16.3 Å². The number of fused-ring (bicyclic) bond motifs is 1. The molecule has 0 radical (unpaired) electrons. The Hall–Kier alpha value is -3.28. The Bertz CT molecular complexity index is 1390. The highest BCUT2D eigenvalue weighted by Gasteiger charge is 2.17. The summed E-state index contributed by atoms with van der Waals surface area (Å²) in [5.41, 5.74) is 3.16. The SMILES string of the molecule is CCOc1ccc(-n2c(SCc3cccc4ccccc34)nnc2-c2cccc(Cl)c2)cc1. The summed E-state index contributed by atoms with van der Waals surface area (Å²) in [7, 11) is 0. The number of nitrogens with zero attached hydrogens (tertiary/aromatic N) is 3. The summed E-state index contributed by atoms with van der Waals surface area (Å²) in [5, 5.41) is 13.1. The molecular formula is C27H22ClN3OS. The predicted octanol–water partition coefficient (Wildman–Crippen LogP) is 7.43. The van der Waals surface area contributed by atoms with Crippen molar-refractivity contribution in [1.29, 1.82) is 0 Å². The van der Waals surface area contributed by atoms with Gasteiger partial charge in [0.05, 0.1) is 6.61 Å². The third kappa shape index (κ3) is 4.61. The topological polar surface area (TPSA) is 39.9 Å². The minimum absolute atomic E-state index is 0.631. The van der Waals surface area contributed by atoms with Gasteiger partial charge in [0.2, 0.25) is 0 Å². The van der Waals surface area contributed by atoms with E-state index in [0.717, 1.165) is 33.7 Å². The Balaban J connectivity index is 1.54. The van der Waals surface area contributed by atoms with Gasteiger partial charge in [-0.15, -0.1) is 10.2 Å². The van der Waals surface area contributed by atoms with Crippen molar-refractivity contribution in [3.05, 3.63) is 102 Å². The van der Waals surface area contributed by atoms with Gasteiger partial charge < -0.3 is 4.74 Å². The standard InChI is InChI=1S/C27H22ClN3OS/c1-2-32-24-15-13-23(14-16-24)31-26(20-9-6-11-22(28)17-20)29-30-27(31)33-18-21-10-5-8-19-7-3-4-12-25(19)21/h3-17H,2,18H2,1H3. The number of hydrogen-bond acceptors (Lipinski definition) is 4. The molecule has 0 spiro atoms. The van der Waals surface area contributed by atoms with Crippen molar-refractivity contribution in [3.63, 3.8) is 0 Å². The molecule has 5 aromatic rings. The zero-order chi connectivity index (χ0) is 22.6. The molecule has 0 saturated carbocycles. The van der Waals surface area contributed by atoms with Gasteiger partial charge in [-0.05, 0) is 59.7 Å². The first-order chi connectivity index (χ1) is 16.2. The van der Waals surface area contributed by atoms with Crippen LogP contribution in [0.4, 0.5) is 0 Å². The van der Waals surface area contributed by atoms with Gasteiger partial charge in [0.15, 0.2) is 11.0 Å². The smallest absolute Gasteiger partial charge is 0.196 e. The monoisotopic (exact) mass is 471 g/mol. The molecule has 4 aromatic carbocycles. The van der Waals surface area contributed by atoms with E-state index < -0.39 is 0 Å². The molecule has 0 aliphatic carbocycles. The molecule has 0 fully saturated rings. The van der Waals surface area contributed by atoms with Crippen molar-refractivity contribution in [1.82, 2.24) is 14.8 Å². The first-order valence-corrected chi connectivity index (χ1v) is 12.1. The Morgan fingerprint density at radius 3 is 2.48 bits per heavy atom. The van der Waals surface area contributed by atoms with E-state index in [1.54, 1.807) is 11.8 Å². The van der Waals surface area contributed by atoms with Crippen molar-refractivity contribution in [2.24, 2.45) is 0 Å². The van der Waals surface area contributed by atoms with Crippen LogP contribution in [0.1, 0.15) is 12.5 Å². The Morgan fingerprint density at radius 1 is 0.879 bits per heavy atom. The van der Waals surface area contributed by atoms with Crippen LogP contribution >= 0.6 is 23.4 Å². The van der Waals surface area contributed by atoms with E-state index >= 15 is 0 Å². The third-order valence-electron chi connectivity index (χ3n) is 5.36. The summed E-state index contributed by atoms with van der Waals surface area (Å²) < 4.78 is 7.70. The van der Waals surface area contributed by atoms with Gasteiger partial charge in [-0.25, -0.2) is 0 Å². The molecule has 164 valence electrons. The van der Waals surface area contributed by atoms with Crippen LogP contribution in [-0.2, 0) is 5.75 Å². The second-order valence-corrected chi connectivity index (χ2v) is 8.88. The van der Waals surface area contributed by atoms with Gasteiger partial charge in [-0.1, -0.05) is 78.0 Å². The Morgan fingerprint density at radius 2 is 1.67 bits per heavy atom. The molecule has 4 nitrogen and oxygen atoms in total. The summed E-state index contributed by atoms with van der Waals surface area (Å²) in [5.74, 6) is 2.37. The molecule has 0 aliphatic rings. The summed E-state index contributed by atoms with van der Waals surface area (Å²) in [6.45, 7) is 2.61. The number of rotatable bonds is 7. The summed E-state index contributed by atoms with van der Waals surface area (Å²) in [4.78, 5) is 0. The lowest BCUT2D eigenvalue weighted by Gasteiger charge is -2.12. The summed E-state index contributed by atoms with van der Waals surface area (Å²) in [6.07, 6.45) is 0. The maximum atomic E-state index is 6.27. The Kier molecular flexibility index (Phi) is 6.33. The average Bonchev–Trinajstić information content (AvgIpc) is 3.27. The van der Waals surface area contributed by atoms with Crippen LogP contribution in [-0.4, -0.2) is 21.4 Å². The van der Waals surface area contributed by atoms with E-state index in [-0.39, 0.29) is 0 Å². The van der Waals surface area contributed by atoms with E-state index in [1.807, 2.05) is 55.5 Å². The lowest BCUT2D eigenvalue weighted by molar-refractivity contribution is 0.340. The maximum Gasteiger partial charge on any atom is 0.196 e. The van der Waals surface area contributed by atoms with Crippen LogP contribution in [0.5, 0.6) is 5.75 Å². The van der Waals surface area contributed by atoms with Crippen LogP contribution in [0.2, 0.25) is 5.02 Å². The highest BCUT2D eigenvalue weighted by Crippen LogP contribution is 2.32. The zero-order valence-corrected chi connectivity index (χ0v) is 19.7. The minimum atomic E-state index is 0.631. The fourth-order valence-corrected chi connectivity index (χ4v) is 4.98. The number of ether oxygens (including phenoxy) is 1. The molecule has 0 aliphatic heterocycles. The van der Waals surface area contributed by atoms with Gasteiger partial charge in [-0.2, -0.15) is 0 Å². The molecule has 1 aromatic heterocycles. The molecule has 0 N–H and O–H groups in total. The average molecular weight is 472 g/mol. The quantitative estimate of drug-likeness (QED) is 0.231. The summed E-state index contributed by atoms with van der Waals surface area (Å²) in [6, 6.07) is 30.6. The number of aromatic nitrogens is 3. The number of hydrogen-bond donors (Lipinski definition) is 0. The van der Waals surface area contributed by atoms with Gasteiger partial charge >= 0.3 is 0 Å². The van der Waals surface area contributed by atoms with Crippen LogP contribution in [0.25, 0.3) is 27.8 Å². The molecule has 0 saturated heterocycles. The van der Waals surface area contributed by atoms with Crippen LogP contribution in [0, 0.1) is 0 Å². The number of halogens is 1. The highest BCUT2D eigenvalue weighted by molar-refractivity contribution is 7.98. The van der Waals surface area contributed by atoms with Crippen LogP contribution < -0.4 is 4.74 Å². The molecule has 33 heavy (non-hydrogen) atoms. The summed E-state index contributed by atoms with van der Waals surface area (Å²) >= 11 is 7.94. The van der Waals surface area contributed by atoms with Gasteiger partial charge in [0, 0.05) is 22.0 Å². The van der Waals surface area contributed by atoms with Crippen molar-refractivity contribution < 1.29 is 4.74 Å². The highest BCUT2D eigenvalue weighted by atomic mass is 35.5. The van der Waals surface area contributed by atoms with Gasteiger partial charge in [0.25, 0.3) is 0 Å². The molecule has 0 atom stereocenters. The Labute approximate surface area is 202 Å². The fraction of sp³-hybridized carbons (Fsp3) is 0.111.